The number of anilines is 1. The maximum absolute atomic E-state index is 14.0. The van der Waals surface area contributed by atoms with Gasteiger partial charge < -0.3 is 24.5 Å². The molecule has 0 unspecified atom stereocenters. The first-order chi connectivity index (χ1) is 17.1. The minimum Gasteiger partial charge on any atom is -0.496 e. The van der Waals surface area contributed by atoms with E-state index in [2.05, 4.69) is 20.0 Å². The molecule has 0 saturated carbocycles. The molecule has 0 aliphatic carbocycles. The van der Waals surface area contributed by atoms with Crippen LogP contribution >= 0.6 is 0 Å². The van der Waals surface area contributed by atoms with Gasteiger partial charge in [0.05, 0.1) is 18.3 Å². The SMILES string of the molecule is COc1cc(F)cc2c1cc(C)n2CCNc1cc(-c2ccc(C(=O)O)c(OC(F)(F)F)c2)ncn1. The Labute approximate surface area is 202 Å². The number of ether oxygens (including phenoxy) is 2. The van der Waals surface area contributed by atoms with Gasteiger partial charge >= 0.3 is 12.3 Å². The van der Waals surface area contributed by atoms with E-state index < -0.39 is 29.5 Å². The van der Waals surface area contributed by atoms with E-state index in [-0.39, 0.29) is 11.3 Å². The van der Waals surface area contributed by atoms with Crippen molar-refractivity contribution in [3.8, 4) is 22.8 Å². The van der Waals surface area contributed by atoms with Gasteiger partial charge in [-0.3, -0.25) is 0 Å². The molecule has 0 bridgehead atoms. The summed E-state index contributed by atoms with van der Waals surface area (Å²) >= 11 is 0. The summed E-state index contributed by atoms with van der Waals surface area (Å²) in [6.07, 6.45) is -3.83. The van der Waals surface area contributed by atoms with E-state index in [1.807, 2.05) is 17.6 Å². The zero-order valence-electron chi connectivity index (χ0n) is 19.1. The van der Waals surface area contributed by atoms with Gasteiger partial charge in [-0.15, -0.1) is 13.2 Å². The van der Waals surface area contributed by atoms with Gasteiger partial charge in [-0.2, -0.15) is 0 Å². The van der Waals surface area contributed by atoms with Crippen molar-refractivity contribution in [2.75, 3.05) is 19.0 Å². The summed E-state index contributed by atoms with van der Waals surface area (Å²) < 4.78 is 63.3. The standard InChI is InChI=1S/C24H20F4N4O4/c1-13-7-17-19(9-15(25)10-20(17)35-2)32(13)6-5-29-22-11-18(30-12-31-22)14-3-4-16(23(33)34)21(8-14)36-24(26,27)28/h3-4,7-12H,5-6H2,1-2H3,(H,33,34)(H,29,30,31). The third-order valence-electron chi connectivity index (χ3n) is 5.42. The number of methoxy groups -OCH3 is 1. The number of nitrogens with one attached hydrogen (secondary N) is 1. The molecular formula is C24H20F4N4O4. The molecule has 0 radical (unpaired) electrons. The summed E-state index contributed by atoms with van der Waals surface area (Å²) in [7, 11) is 1.47. The number of aromatic carboxylic acids is 1. The minimum atomic E-state index is -5.06. The van der Waals surface area contributed by atoms with Crippen molar-refractivity contribution in [1.82, 2.24) is 14.5 Å². The fraction of sp³-hybridized carbons (Fsp3) is 0.208. The van der Waals surface area contributed by atoms with Crippen molar-refractivity contribution >= 4 is 22.7 Å². The van der Waals surface area contributed by atoms with Crippen molar-refractivity contribution < 1.29 is 36.9 Å². The Morgan fingerprint density at radius 3 is 2.58 bits per heavy atom. The molecule has 0 saturated heterocycles. The highest BCUT2D eigenvalue weighted by molar-refractivity contribution is 5.92. The monoisotopic (exact) mass is 504 g/mol. The van der Waals surface area contributed by atoms with Crippen LogP contribution in [0.2, 0.25) is 0 Å². The van der Waals surface area contributed by atoms with Crippen LogP contribution in [0.25, 0.3) is 22.2 Å². The molecule has 4 rings (SSSR count). The fourth-order valence-electron chi connectivity index (χ4n) is 3.87. The van der Waals surface area contributed by atoms with Crippen LogP contribution in [0.4, 0.5) is 23.4 Å². The number of aromatic nitrogens is 3. The van der Waals surface area contributed by atoms with Gasteiger partial charge in [0.25, 0.3) is 0 Å². The Morgan fingerprint density at radius 1 is 1.11 bits per heavy atom. The van der Waals surface area contributed by atoms with E-state index in [0.29, 0.717) is 30.2 Å². The zero-order valence-corrected chi connectivity index (χ0v) is 19.1. The third kappa shape index (κ3) is 5.32. The average Bonchev–Trinajstić information content (AvgIpc) is 3.12. The number of alkyl halides is 3. The number of carboxylic acids is 1. The van der Waals surface area contributed by atoms with E-state index in [1.54, 1.807) is 0 Å². The topological polar surface area (TPSA) is 98.5 Å². The molecular weight excluding hydrogens is 484 g/mol. The van der Waals surface area contributed by atoms with Crippen molar-refractivity contribution in [3.05, 3.63) is 65.9 Å². The molecule has 36 heavy (non-hydrogen) atoms. The molecule has 2 heterocycles. The maximum atomic E-state index is 14.0. The first kappa shape index (κ1) is 24.8. The molecule has 188 valence electrons. The number of halogens is 4. The lowest BCUT2D eigenvalue weighted by Gasteiger charge is -2.13. The summed E-state index contributed by atoms with van der Waals surface area (Å²) in [4.78, 5) is 19.5. The highest BCUT2D eigenvalue weighted by Crippen LogP contribution is 2.32. The van der Waals surface area contributed by atoms with Crippen molar-refractivity contribution in [2.24, 2.45) is 0 Å². The van der Waals surface area contributed by atoms with Crippen LogP contribution in [0, 0.1) is 12.7 Å². The Hall–Kier alpha value is -4.35. The number of hydrogen-bond donors (Lipinski definition) is 2. The molecule has 0 aliphatic rings. The van der Waals surface area contributed by atoms with E-state index in [0.717, 1.165) is 23.2 Å². The van der Waals surface area contributed by atoms with Crippen LogP contribution in [0.1, 0.15) is 16.1 Å². The molecule has 0 fully saturated rings. The highest BCUT2D eigenvalue weighted by Gasteiger charge is 2.33. The molecule has 2 N–H and O–H groups in total. The molecule has 0 spiro atoms. The number of fused-ring (bicyclic) bond motifs is 1. The summed E-state index contributed by atoms with van der Waals surface area (Å²) in [6.45, 7) is 2.74. The quantitative estimate of drug-likeness (QED) is 0.316. The van der Waals surface area contributed by atoms with Gasteiger partial charge in [0.1, 0.15) is 35.0 Å². The summed E-state index contributed by atoms with van der Waals surface area (Å²) in [6, 6.07) is 9.46. The van der Waals surface area contributed by atoms with Gasteiger partial charge in [0.2, 0.25) is 0 Å². The van der Waals surface area contributed by atoms with Gasteiger partial charge in [-0.05, 0) is 31.2 Å². The third-order valence-corrected chi connectivity index (χ3v) is 5.42. The van der Waals surface area contributed by atoms with E-state index >= 15 is 0 Å². The predicted molar refractivity (Wildman–Crippen MR) is 123 cm³/mol. The Morgan fingerprint density at radius 2 is 1.89 bits per heavy atom. The summed E-state index contributed by atoms with van der Waals surface area (Å²) in [5.41, 5.74) is 1.40. The van der Waals surface area contributed by atoms with Gasteiger partial charge in [-0.1, -0.05) is 6.07 Å². The van der Waals surface area contributed by atoms with Crippen LogP contribution in [0.15, 0.2) is 48.8 Å². The number of nitrogens with zero attached hydrogens (tertiary/aromatic N) is 3. The first-order valence-electron chi connectivity index (χ1n) is 10.6. The minimum absolute atomic E-state index is 0.208. The van der Waals surface area contributed by atoms with Crippen molar-refractivity contribution in [2.45, 2.75) is 19.8 Å². The molecule has 0 aliphatic heterocycles. The van der Waals surface area contributed by atoms with Crippen LogP contribution in [-0.4, -0.2) is 45.6 Å². The van der Waals surface area contributed by atoms with Gasteiger partial charge in [-0.25, -0.2) is 19.2 Å². The Kier molecular flexibility index (Phi) is 6.69. The Bertz CT molecular complexity index is 1440. The van der Waals surface area contributed by atoms with Crippen LogP contribution in [-0.2, 0) is 6.54 Å². The van der Waals surface area contributed by atoms with Crippen LogP contribution in [0.5, 0.6) is 11.5 Å². The lowest BCUT2D eigenvalue weighted by molar-refractivity contribution is -0.274. The summed E-state index contributed by atoms with van der Waals surface area (Å²) in [5, 5.41) is 13.0. The van der Waals surface area contributed by atoms with E-state index in [4.69, 9.17) is 9.84 Å². The first-order valence-corrected chi connectivity index (χ1v) is 10.6. The van der Waals surface area contributed by atoms with Crippen LogP contribution < -0.4 is 14.8 Å². The number of benzene rings is 2. The second kappa shape index (κ2) is 9.72. The zero-order chi connectivity index (χ0) is 26.0. The number of aryl methyl sites for hydroxylation is 1. The molecule has 0 amide bonds. The molecule has 2 aromatic heterocycles. The maximum Gasteiger partial charge on any atom is 0.573 e. The Balaban J connectivity index is 1.54. The number of hydrogen-bond acceptors (Lipinski definition) is 6. The summed E-state index contributed by atoms with van der Waals surface area (Å²) in [5.74, 6) is -2.01. The smallest absolute Gasteiger partial charge is 0.496 e. The highest BCUT2D eigenvalue weighted by atomic mass is 19.4. The lowest BCUT2D eigenvalue weighted by atomic mass is 10.1. The predicted octanol–water partition coefficient (Wildman–Crippen LogP) is 5.26. The van der Waals surface area contributed by atoms with Crippen molar-refractivity contribution in [3.63, 3.8) is 0 Å². The van der Waals surface area contributed by atoms with E-state index in [1.165, 1.54) is 37.7 Å². The number of carboxylic acid groups (broad SMARTS) is 1. The largest absolute Gasteiger partial charge is 0.573 e. The van der Waals surface area contributed by atoms with Gasteiger partial charge in [0, 0.05) is 41.9 Å². The average molecular weight is 504 g/mol. The number of carbonyl (C=O) groups is 1. The van der Waals surface area contributed by atoms with Gasteiger partial charge in [0.15, 0.2) is 0 Å². The van der Waals surface area contributed by atoms with Crippen molar-refractivity contribution in [1.29, 1.82) is 0 Å². The van der Waals surface area contributed by atoms with E-state index in [9.17, 15) is 22.4 Å². The second-order valence-electron chi connectivity index (χ2n) is 7.76. The molecule has 0 atom stereocenters. The molecule has 12 heteroatoms. The van der Waals surface area contributed by atoms with Crippen LogP contribution in [0.3, 0.4) is 0 Å². The lowest BCUT2D eigenvalue weighted by Crippen LogP contribution is -2.19. The normalized spacial score (nSPS) is 11.5. The number of rotatable bonds is 8. The second-order valence-corrected chi connectivity index (χ2v) is 7.76. The fourth-order valence-corrected chi connectivity index (χ4v) is 3.87. The molecule has 8 nitrogen and oxygen atoms in total. The molecule has 4 aromatic rings. The molecule has 2 aromatic carbocycles.